The van der Waals surface area contributed by atoms with Crippen LogP contribution in [0.25, 0.3) is 16.0 Å². The van der Waals surface area contributed by atoms with Crippen molar-refractivity contribution in [1.82, 2.24) is 29.6 Å². The first kappa shape index (κ1) is 22.9. The molecule has 1 saturated heterocycles. The van der Waals surface area contributed by atoms with Crippen molar-refractivity contribution in [2.45, 2.75) is 45.6 Å². The quantitative estimate of drug-likeness (QED) is 0.400. The van der Waals surface area contributed by atoms with Gasteiger partial charge in [0, 0.05) is 43.6 Å². The Balaban J connectivity index is 1.04. The van der Waals surface area contributed by atoms with Crippen molar-refractivity contribution in [2.75, 3.05) is 42.1 Å². The van der Waals surface area contributed by atoms with E-state index in [1.807, 2.05) is 6.92 Å². The summed E-state index contributed by atoms with van der Waals surface area (Å²) in [6, 6.07) is 7.33. The number of aromatic nitrogens is 5. The number of hydrogen-bond acceptors (Lipinski definition) is 9. The Morgan fingerprint density at radius 2 is 1.89 bits per heavy atom. The van der Waals surface area contributed by atoms with Crippen molar-refractivity contribution in [2.24, 2.45) is 11.8 Å². The molecular formula is C27H33N9S. The van der Waals surface area contributed by atoms with Crippen LogP contribution in [0.3, 0.4) is 0 Å². The Hall–Kier alpha value is -3.24. The predicted molar refractivity (Wildman–Crippen MR) is 149 cm³/mol. The van der Waals surface area contributed by atoms with Crippen molar-refractivity contribution >= 4 is 44.8 Å². The zero-order valence-electron chi connectivity index (χ0n) is 21.4. The van der Waals surface area contributed by atoms with E-state index in [1.54, 1.807) is 22.3 Å². The van der Waals surface area contributed by atoms with Crippen LogP contribution in [0, 0.1) is 25.7 Å². The summed E-state index contributed by atoms with van der Waals surface area (Å²) in [6.45, 7) is 8.76. The molecule has 2 saturated carbocycles. The monoisotopic (exact) mass is 515 g/mol. The second-order valence-electron chi connectivity index (χ2n) is 10.9. The largest absolute Gasteiger partial charge is 0.369 e. The molecule has 10 heteroatoms. The van der Waals surface area contributed by atoms with Gasteiger partial charge < -0.3 is 16.0 Å². The molecule has 3 fully saturated rings. The zero-order valence-corrected chi connectivity index (χ0v) is 22.2. The average molecular weight is 516 g/mol. The highest BCUT2D eigenvalue weighted by molar-refractivity contribution is 7.17. The molecule has 7 rings (SSSR count). The van der Waals surface area contributed by atoms with Crippen LogP contribution in [0.5, 0.6) is 0 Å². The molecule has 192 valence electrons. The number of nitrogens with zero attached hydrogens (tertiary/aromatic N) is 7. The Morgan fingerprint density at radius 3 is 2.65 bits per heavy atom. The van der Waals surface area contributed by atoms with Crippen LogP contribution >= 0.6 is 11.3 Å². The van der Waals surface area contributed by atoms with Gasteiger partial charge in [0.15, 0.2) is 5.82 Å². The maximum Gasteiger partial charge on any atom is 0.248 e. The van der Waals surface area contributed by atoms with Crippen LogP contribution in [-0.4, -0.2) is 61.9 Å². The summed E-state index contributed by atoms with van der Waals surface area (Å²) in [5, 5.41) is 10.0. The van der Waals surface area contributed by atoms with E-state index in [4.69, 9.17) is 5.73 Å². The number of benzene rings is 1. The van der Waals surface area contributed by atoms with Crippen molar-refractivity contribution in [1.29, 1.82) is 0 Å². The van der Waals surface area contributed by atoms with Gasteiger partial charge in [0.2, 0.25) is 11.9 Å². The van der Waals surface area contributed by atoms with Gasteiger partial charge in [-0.15, -0.1) is 16.4 Å². The molecule has 4 aromatic rings. The minimum absolute atomic E-state index is 0.287. The van der Waals surface area contributed by atoms with Crippen LogP contribution in [0.2, 0.25) is 0 Å². The second kappa shape index (κ2) is 8.95. The lowest BCUT2D eigenvalue weighted by atomic mass is 9.93. The molecule has 2 bridgehead atoms. The second-order valence-corrected chi connectivity index (χ2v) is 11.8. The first-order valence-electron chi connectivity index (χ1n) is 13.3. The highest BCUT2D eigenvalue weighted by Crippen LogP contribution is 2.46. The molecule has 3 N–H and O–H groups in total. The van der Waals surface area contributed by atoms with E-state index in [0.29, 0.717) is 11.8 Å². The minimum Gasteiger partial charge on any atom is -0.369 e. The van der Waals surface area contributed by atoms with Gasteiger partial charge in [-0.1, -0.05) is 6.42 Å². The summed E-state index contributed by atoms with van der Waals surface area (Å²) in [4.78, 5) is 18.6. The highest BCUT2D eigenvalue weighted by Gasteiger charge is 2.42. The molecule has 3 atom stereocenters. The molecular weight excluding hydrogens is 482 g/mol. The number of anilines is 4. The molecule has 9 nitrogen and oxygen atoms in total. The lowest BCUT2D eigenvalue weighted by Gasteiger charge is -2.42. The van der Waals surface area contributed by atoms with Gasteiger partial charge in [-0.2, -0.15) is 9.67 Å². The van der Waals surface area contributed by atoms with Crippen molar-refractivity contribution in [3.05, 3.63) is 41.0 Å². The van der Waals surface area contributed by atoms with Gasteiger partial charge in [-0.05, 0) is 79.7 Å². The number of nitrogens with two attached hydrogens (primary N) is 1. The van der Waals surface area contributed by atoms with E-state index in [1.165, 1.54) is 50.0 Å². The number of hydrogen-bond donors (Lipinski definition) is 2. The molecule has 1 aliphatic heterocycles. The molecule has 37 heavy (non-hydrogen) atoms. The summed E-state index contributed by atoms with van der Waals surface area (Å²) in [5.74, 6) is 3.36. The number of piperazine rings is 1. The zero-order chi connectivity index (χ0) is 25.1. The van der Waals surface area contributed by atoms with Crippen molar-refractivity contribution in [3.63, 3.8) is 0 Å². The molecule has 0 radical (unpaired) electrons. The molecule has 0 spiro atoms. The fraction of sp³-hybridized carbons (Fsp3) is 0.481. The van der Waals surface area contributed by atoms with Crippen LogP contribution in [0.1, 0.15) is 36.8 Å². The van der Waals surface area contributed by atoms with E-state index >= 15 is 0 Å². The van der Waals surface area contributed by atoms with Crippen LogP contribution < -0.4 is 16.0 Å². The number of thiophene rings is 1. The SMILES string of the molecule is Cc1cc(Nc2nc(N)n(-c3ncnc4c(C)csc34)n2)ccc1N1CCN([C@H]2C[C@@H]3CC[C@H]2C3)CC1. The fourth-order valence-corrected chi connectivity index (χ4v) is 7.79. The third-order valence-electron chi connectivity index (χ3n) is 8.62. The smallest absolute Gasteiger partial charge is 0.248 e. The standard InChI is InChI=1S/C27H33N9S/c1-16-11-20(5-6-21(16)34-7-9-35(10-8-34)22-13-18-3-4-19(22)12-18)31-27-32-26(28)36(33-27)25-24-23(29-15-30-25)17(2)14-37-24/h5-6,11,14-15,18-19,22H,3-4,7-10,12-13H2,1-2H3,(H3,28,31,32,33)/t18-,19+,22+/m1/s1. The summed E-state index contributed by atoms with van der Waals surface area (Å²) in [6.07, 6.45) is 7.40. The van der Waals surface area contributed by atoms with Gasteiger partial charge in [0.25, 0.3) is 0 Å². The number of aryl methyl sites for hydroxylation is 2. The number of nitrogens with one attached hydrogen (secondary N) is 1. The first-order valence-corrected chi connectivity index (χ1v) is 14.2. The van der Waals surface area contributed by atoms with E-state index in [-0.39, 0.29) is 5.95 Å². The molecule has 1 aromatic carbocycles. The van der Waals surface area contributed by atoms with E-state index < -0.39 is 0 Å². The average Bonchev–Trinajstić information content (AvgIpc) is 3.69. The lowest BCUT2D eigenvalue weighted by molar-refractivity contribution is 0.135. The topological polar surface area (TPSA) is 101 Å². The molecule has 3 aliphatic rings. The number of rotatable bonds is 5. The van der Waals surface area contributed by atoms with Gasteiger partial charge in [-0.25, -0.2) is 9.97 Å². The Kier molecular flexibility index (Phi) is 5.54. The van der Waals surface area contributed by atoms with Crippen molar-refractivity contribution < 1.29 is 0 Å². The first-order chi connectivity index (χ1) is 18.0. The summed E-state index contributed by atoms with van der Waals surface area (Å²) in [7, 11) is 0. The maximum atomic E-state index is 6.24. The highest BCUT2D eigenvalue weighted by atomic mass is 32.1. The molecule has 0 unspecified atom stereocenters. The van der Waals surface area contributed by atoms with Crippen molar-refractivity contribution in [3.8, 4) is 5.82 Å². The van der Waals surface area contributed by atoms with Crippen LogP contribution in [-0.2, 0) is 0 Å². The molecule has 0 amide bonds. The van der Waals surface area contributed by atoms with E-state index in [0.717, 1.165) is 52.4 Å². The van der Waals surface area contributed by atoms with E-state index in [9.17, 15) is 0 Å². The van der Waals surface area contributed by atoms with Gasteiger partial charge in [0.05, 0.1) is 10.2 Å². The maximum absolute atomic E-state index is 6.24. The third kappa shape index (κ3) is 4.02. The number of nitrogen functional groups attached to an aromatic ring is 1. The third-order valence-corrected chi connectivity index (χ3v) is 9.71. The number of fused-ring (bicyclic) bond motifs is 3. The molecule has 4 heterocycles. The summed E-state index contributed by atoms with van der Waals surface area (Å²) >= 11 is 1.59. The normalized spacial score (nSPS) is 23.8. The Labute approximate surface area is 220 Å². The van der Waals surface area contributed by atoms with Gasteiger partial charge in [-0.3, -0.25) is 4.90 Å². The molecule has 2 aliphatic carbocycles. The fourth-order valence-electron chi connectivity index (χ4n) is 6.81. The Bertz CT molecular complexity index is 1450. The molecule has 3 aromatic heterocycles. The van der Waals surface area contributed by atoms with Crippen LogP contribution in [0.4, 0.5) is 23.3 Å². The van der Waals surface area contributed by atoms with Gasteiger partial charge >= 0.3 is 0 Å². The Morgan fingerprint density at radius 1 is 1.03 bits per heavy atom. The predicted octanol–water partition coefficient (Wildman–Crippen LogP) is 4.53. The minimum atomic E-state index is 0.287. The lowest BCUT2D eigenvalue weighted by Crippen LogP contribution is -2.51. The summed E-state index contributed by atoms with van der Waals surface area (Å²) in [5.41, 5.74) is 11.8. The van der Waals surface area contributed by atoms with Gasteiger partial charge in [0.1, 0.15) is 6.33 Å². The van der Waals surface area contributed by atoms with Crippen LogP contribution in [0.15, 0.2) is 29.9 Å². The summed E-state index contributed by atoms with van der Waals surface area (Å²) < 4.78 is 2.53. The van der Waals surface area contributed by atoms with E-state index in [2.05, 4.69) is 65.7 Å².